The number of carbonyl (C=O) groups is 1. The molecule has 0 bridgehead atoms. The molecule has 0 saturated carbocycles. The van der Waals surface area contributed by atoms with E-state index in [2.05, 4.69) is 12.1 Å². The summed E-state index contributed by atoms with van der Waals surface area (Å²) in [7, 11) is 1.44. The Bertz CT molecular complexity index is 505. The molecule has 1 heterocycles. The fraction of sp³-hybridized carbons (Fsp3) is 0.250. The van der Waals surface area contributed by atoms with Crippen LogP contribution in [-0.2, 0) is 4.84 Å². The zero-order valence-corrected chi connectivity index (χ0v) is 10.5. The van der Waals surface area contributed by atoms with Gasteiger partial charge in [-0.05, 0) is 24.4 Å². The lowest BCUT2D eigenvalue weighted by atomic mass is 10.2. The second-order valence-corrected chi connectivity index (χ2v) is 4.82. The van der Waals surface area contributed by atoms with Gasteiger partial charge in [-0.15, -0.1) is 11.3 Å². The highest BCUT2D eigenvalue weighted by Crippen LogP contribution is 2.32. The second-order valence-electron chi connectivity index (χ2n) is 3.71. The normalized spacial score (nSPS) is 12.6. The van der Waals surface area contributed by atoms with Gasteiger partial charge in [0, 0.05) is 9.58 Å². The summed E-state index contributed by atoms with van der Waals surface area (Å²) >= 11 is 1.64. The molecule has 2 amide bonds. The highest BCUT2D eigenvalue weighted by atomic mass is 32.1. The Morgan fingerprint density at radius 1 is 1.47 bits per heavy atom. The number of fused-ring (bicyclic) bond motifs is 1. The smallest absolute Gasteiger partial charge is 0.339 e. The van der Waals surface area contributed by atoms with Gasteiger partial charge in [-0.25, -0.2) is 4.79 Å². The number of nitrogens with two attached hydrogens (primary N) is 1. The maximum absolute atomic E-state index is 11.2. The average molecular weight is 250 g/mol. The lowest BCUT2D eigenvalue weighted by Crippen LogP contribution is -2.36. The van der Waals surface area contributed by atoms with E-state index in [4.69, 9.17) is 10.6 Å². The van der Waals surface area contributed by atoms with Crippen LogP contribution in [0.5, 0.6) is 0 Å². The highest BCUT2D eigenvalue weighted by molar-refractivity contribution is 7.19. The van der Waals surface area contributed by atoms with Crippen molar-refractivity contribution in [2.75, 3.05) is 7.11 Å². The van der Waals surface area contributed by atoms with Crippen LogP contribution < -0.4 is 5.73 Å². The van der Waals surface area contributed by atoms with E-state index in [9.17, 15) is 4.79 Å². The van der Waals surface area contributed by atoms with Crippen LogP contribution in [0.25, 0.3) is 10.1 Å². The third-order valence-electron chi connectivity index (χ3n) is 2.62. The molecule has 0 aliphatic heterocycles. The number of nitrogens with zero attached hydrogens (tertiary/aromatic N) is 1. The van der Waals surface area contributed by atoms with Gasteiger partial charge in [-0.1, -0.05) is 18.2 Å². The Hall–Kier alpha value is -1.59. The fourth-order valence-electron chi connectivity index (χ4n) is 1.76. The molecule has 1 unspecified atom stereocenters. The van der Waals surface area contributed by atoms with Gasteiger partial charge in [-0.3, -0.25) is 4.84 Å². The van der Waals surface area contributed by atoms with Crippen LogP contribution in [0.2, 0.25) is 0 Å². The summed E-state index contributed by atoms with van der Waals surface area (Å²) in [5.74, 6) is 0. The van der Waals surface area contributed by atoms with Crippen molar-refractivity contribution in [1.29, 1.82) is 0 Å². The number of urea groups is 1. The first-order chi connectivity index (χ1) is 8.13. The van der Waals surface area contributed by atoms with Crippen LogP contribution in [0.3, 0.4) is 0 Å². The van der Waals surface area contributed by atoms with E-state index >= 15 is 0 Å². The van der Waals surface area contributed by atoms with Crippen LogP contribution in [-0.4, -0.2) is 18.2 Å². The Morgan fingerprint density at radius 3 is 2.76 bits per heavy atom. The number of amides is 2. The molecule has 0 saturated heterocycles. The third-order valence-corrected chi connectivity index (χ3v) is 3.91. The van der Waals surface area contributed by atoms with Gasteiger partial charge >= 0.3 is 6.03 Å². The number of thiophene rings is 1. The molecule has 4 nitrogen and oxygen atoms in total. The SMILES string of the molecule is CON(C(N)=O)C(C)c1cc2ccccc2s1. The Balaban J connectivity index is 2.35. The summed E-state index contributed by atoms with van der Waals surface area (Å²) in [5, 5.41) is 2.34. The molecule has 1 atom stereocenters. The van der Waals surface area contributed by atoms with Crippen LogP contribution in [0.4, 0.5) is 4.79 Å². The van der Waals surface area contributed by atoms with Gasteiger partial charge in [-0.2, -0.15) is 5.06 Å². The Labute approximate surface area is 104 Å². The summed E-state index contributed by atoms with van der Waals surface area (Å²) in [6, 6.07) is 9.37. The molecule has 0 aliphatic rings. The molecule has 90 valence electrons. The first-order valence-electron chi connectivity index (χ1n) is 5.24. The molecule has 5 heteroatoms. The summed E-state index contributed by atoms with van der Waals surface area (Å²) in [6.07, 6.45) is 0. The lowest BCUT2D eigenvalue weighted by Gasteiger charge is -2.23. The minimum Gasteiger partial charge on any atom is -0.350 e. The summed E-state index contributed by atoms with van der Waals surface area (Å²) in [5.41, 5.74) is 5.25. The second kappa shape index (κ2) is 4.73. The zero-order chi connectivity index (χ0) is 12.4. The van der Waals surface area contributed by atoms with Crippen molar-refractivity contribution in [3.63, 3.8) is 0 Å². The summed E-state index contributed by atoms with van der Waals surface area (Å²) < 4.78 is 1.19. The molecular weight excluding hydrogens is 236 g/mol. The standard InChI is InChI=1S/C12H14N2O2S/c1-8(14(16-2)12(13)15)11-7-9-5-3-4-6-10(9)17-11/h3-8H,1-2H3,(H2,13,15). The first kappa shape index (κ1) is 11.9. The molecule has 1 aromatic heterocycles. The maximum atomic E-state index is 11.2. The molecule has 17 heavy (non-hydrogen) atoms. The minimum atomic E-state index is -0.586. The highest BCUT2D eigenvalue weighted by Gasteiger charge is 2.21. The quantitative estimate of drug-likeness (QED) is 0.851. The number of hydrogen-bond donors (Lipinski definition) is 1. The molecule has 0 radical (unpaired) electrons. The molecule has 1 aromatic carbocycles. The summed E-state index contributed by atoms with van der Waals surface area (Å²) in [4.78, 5) is 17.2. The fourth-order valence-corrected chi connectivity index (χ4v) is 2.86. The lowest BCUT2D eigenvalue weighted by molar-refractivity contribution is -0.110. The molecule has 2 N–H and O–H groups in total. The Morgan fingerprint density at radius 2 is 2.18 bits per heavy atom. The Kier molecular flexibility index (Phi) is 3.31. The van der Waals surface area contributed by atoms with Gasteiger partial charge < -0.3 is 5.73 Å². The molecule has 2 aromatic rings. The largest absolute Gasteiger partial charge is 0.350 e. The van der Waals surface area contributed by atoms with E-state index in [-0.39, 0.29) is 6.04 Å². The molecular formula is C12H14N2O2S. The molecule has 2 rings (SSSR count). The van der Waals surface area contributed by atoms with E-state index in [1.165, 1.54) is 22.3 Å². The number of benzene rings is 1. The van der Waals surface area contributed by atoms with Crippen molar-refractivity contribution in [1.82, 2.24) is 5.06 Å². The van der Waals surface area contributed by atoms with Crippen molar-refractivity contribution in [3.05, 3.63) is 35.2 Å². The van der Waals surface area contributed by atoms with Crippen LogP contribution in [0.15, 0.2) is 30.3 Å². The van der Waals surface area contributed by atoms with Crippen molar-refractivity contribution in [2.45, 2.75) is 13.0 Å². The van der Waals surface area contributed by atoms with Crippen molar-refractivity contribution in [2.24, 2.45) is 5.73 Å². The molecule has 0 aliphatic carbocycles. The topological polar surface area (TPSA) is 55.6 Å². The van der Waals surface area contributed by atoms with E-state index < -0.39 is 6.03 Å². The van der Waals surface area contributed by atoms with E-state index in [0.29, 0.717) is 0 Å². The van der Waals surface area contributed by atoms with Crippen LogP contribution in [0.1, 0.15) is 17.8 Å². The number of hydroxylamine groups is 2. The van der Waals surface area contributed by atoms with Crippen LogP contribution in [0, 0.1) is 0 Å². The minimum absolute atomic E-state index is 0.185. The predicted octanol–water partition coefficient (Wildman–Crippen LogP) is 2.90. The third kappa shape index (κ3) is 2.25. The maximum Gasteiger partial charge on any atom is 0.339 e. The molecule has 0 fully saturated rings. The van der Waals surface area contributed by atoms with Gasteiger partial charge in [0.1, 0.15) is 0 Å². The van der Waals surface area contributed by atoms with Crippen molar-refractivity contribution >= 4 is 27.5 Å². The van der Waals surface area contributed by atoms with E-state index in [1.54, 1.807) is 11.3 Å². The number of hydrogen-bond acceptors (Lipinski definition) is 3. The summed E-state index contributed by atoms with van der Waals surface area (Å²) in [6.45, 7) is 1.89. The van der Waals surface area contributed by atoms with Gasteiger partial charge in [0.15, 0.2) is 0 Å². The van der Waals surface area contributed by atoms with E-state index in [1.807, 2.05) is 25.1 Å². The van der Waals surface area contributed by atoms with Crippen molar-refractivity contribution < 1.29 is 9.63 Å². The number of carbonyl (C=O) groups excluding carboxylic acids is 1. The average Bonchev–Trinajstić information content (AvgIpc) is 2.72. The van der Waals surface area contributed by atoms with Gasteiger partial charge in [0.2, 0.25) is 0 Å². The van der Waals surface area contributed by atoms with E-state index in [0.717, 1.165) is 4.88 Å². The number of rotatable bonds is 3. The zero-order valence-electron chi connectivity index (χ0n) is 9.71. The predicted molar refractivity (Wildman–Crippen MR) is 68.7 cm³/mol. The van der Waals surface area contributed by atoms with Crippen molar-refractivity contribution in [3.8, 4) is 0 Å². The monoisotopic (exact) mass is 250 g/mol. The van der Waals surface area contributed by atoms with Gasteiger partial charge in [0.25, 0.3) is 0 Å². The van der Waals surface area contributed by atoms with Crippen LogP contribution >= 0.6 is 11.3 Å². The van der Waals surface area contributed by atoms with Gasteiger partial charge in [0.05, 0.1) is 13.2 Å². The number of primary amides is 1. The molecule has 0 spiro atoms. The first-order valence-corrected chi connectivity index (χ1v) is 6.06.